The Hall–Kier alpha value is -4.01. The zero-order valence-electron chi connectivity index (χ0n) is 41.2. The molecule has 0 radical (unpaired) electrons. The number of hydrogen-bond donors (Lipinski definition) is 1. The van der Waals surface area contributed by atoms with Crippen LogP contribution in [0.2, 0.25) is 0 Å². The number of rotatable bonds is 43. The molecule has 0 aromatic carbocycles. The molecule has 0 spiro atoms. The van der Waals surface area contributed by atoms with Gasteiger partial charge >= 0.3 is 17.9 Å². The van der Waals surface area contributed by atoms with Gasteiger partial charge in [-0.2, -0.15) is 0 Å². The van der Waals surface area contributed by atoms with Gasteiger partial charge in [-0.25, -0.2) is 4.79 Å². The SMILES string of the molecule is CC/C=C/C/C=C/C/C=C/C/C=C/C/C=C/CCCCCCC(=O)OC(COCCC(C(=O)O)[N+](C)(C)C)COC(=O)CCCCCCCCC/C=C/C/C=C/C/C=C/C/C=C/CC. The molecule has 0 fully saturated rings. The average molecular weight is 891 g/mol. The highest BCUT2D eigenvalue weighted by atomic mass is 16.6. The monoisotopic (exact) mass is 891 g/mol. The maximum absolute atomic E-state index is 12.8. The number of carbonyl (C=O) groups is 3. The summed E-state index contributed by atoms with van der Waals surface area (Å²) < 4.78 is 17.3. The van der Waals surface area contributed by atoms with E-state index >= 15 is 0 Å². The highest BCUT2D eigenvalue weighted by molar-refractivity contribution is 5.72. The summed E-state index contributed by atoms with van der Waals surface area (Å²) >= 11 is 0. The summed E-state index contributed by atoms with van der Waals surface area (Å²) in [5, 5.41) is 9.65. The third kappa shape index (κ3) is 43.3. The van der Waals surface area contributed by atoms with Gasteiger partial charge in [0.1, 0.15) is 6.61 Å². The van der Waals surface area contributed by atoms with Crippen LogP contribution in [-0.4, -0.2) is 80.6 Å². The zero-order valence-corrected chi connectivity index (χ0v) is 41.2. The Morgan fingerprint density at radius 3 is 1.22 bits per heavy atom. The molecular formula is C56H92NO7+. The fourth-order valence-electron chi connectivity index (χ4n) is 6.64. The fraction of sp³-hybridized carbons (Fsp3) is 0.625. The fourth-order valence-corrected chi connectivity index (χ4v) is 6.64. The summed E-state index contributed by atoms with van der Waals surface area (Å²) in [7, 11) is 5.51. The van der Waals surface area contributed by atoms with Gasteiger partial charge in [-0.1, -0.05) is 168 Å². The number of unbranched alkanes of at least 4 members (excludes halogenated alkanes) is 11. The van der Waals surface area contributed by atoms with Gasteiger partial charge in [0.05, 0.1) is 34.4 Å². The van der Waals surface area contributed by atoms with Crippen LogP contribution in [0.15, 0.2) is 109 Å². The Morgan fingerprint density at radius 1 is 0.469 bits per heavy atom. The van der Waals surface area contributed by atoms with Crippen LogP contribution in [-0.2, 0) is 28.6 Å². The van der Waals surface area contributed by atoms with Gasteiger partial charge in [0.2, 0.25) is 0 Å². The van der Waals surface area contributed by atoms with E-state index in [1.165, 1.54) is 25.7 Å². The maximum Gasteiger partial charge on any atom is 0.362 e. The van der Waals surface area contributed by atoms with Crippen LogP contribution >= 0.6 is 0 Å². The normalized spacial score (nSPS) is 13.8. The first-order chi connectivity index (χ1) is 31.1. The quantitative estimate of drug-likeness (QED) is 0.0282. The number of allylic oxidation sites excluding steroid dienone is 18. The molecule has 0 aliphatic heterocycles. The third-order valence-electron chi connectivity index (χ3n) is 10.4. The number of carboxylic acid groups (broad SMARTS) is 1. The van der Waals surface area contributed by atoms with Crippen molar-refractivity contribution in [1.82, 2.24) is 0 Å². The number of esters is 2. The lowest BCUT2D eigenvalue weighted by molar-refractivity contribution is -0.887. The van der Waals surface area contributed by atoms with Crippen molar-refractivity contribution in [2.24, 2.45) is 0 Å². The van der Waals surface area contributed by atoms with Crippen molar-refractivity contribution >= 4 is 17.9 Å². The molecule has 0 bridgehead atoms. The predicted octanol–water partition coefficient (Wildman–Crippen LogP) is 14.4. The number of carbonyl (C=O) groups excluding carboxylic acids is 2. The van der Waals surface area contributed by atoms with Crippen molar-refractivity contribution in [2.75, 3.05) is 41.0 Å². The van der Waals surface area contributed by atoms with Crippen molar-refractivity contribution in [3.05, 3.63) is 109 Å². The average Bonchev–Trinajstić information content (AvgIpc) is 3.26. The van der Waals surface area contributed by atoms with E-state index in [1.54, 1.807) is 0 Å². The van der Waals surface area contributed by atoms with Crippen molar-refractivity contribution in [2.45, 2.75) is 187 Å². The molecule has 0 saturated carbocycles. The van der Waals surface area contributed by atoms with Crippen LogP contribution < -0.4 is 0 Å². The molecular weight excluding hydrogens is 799 g/mol. The number of likely N-dealkylation sites (N-methyl/N-ethyl adjacent to an activating group) is 1. The van der Waals surface area contributed by atoms with Crippen LogP contribution in [0.4, 0.5) is 0 Å². The van der Waals surface area contributed by atoms with E-state index in [-0.39, 0.29) is 36.2 Å². The van der Waals surface area contributed by atoms with Crippen molar-refractivity contribution in [3.8, 4) is 0 Å². The van der Waals surface area contributed by atoms with E-state index in [4.69, 9.17) is 14.2 Å². The van der Waals surface area contributed by atoms with E-state index in [1.807, 2.05) is 21.1 Å². The van der Waals surface area contributed by atoms with Gasteiger partial charge in [-0.15, -0.1) is 0 Å². The van der Waals surface area contributed by atoms with Gasteiger partial charge in [-0.05, 0) is 96.3 Å². The first kappa shape index (κ1) is 60.0. The Balaban J connectivity index is 4.37. The van der Waals surface area contributed by atoms with Crippen LogP contribution in [0.3, 0.4) is 0 Å². The lowest BCUT2D eigenvalue weighted by atomic mass is 10.1. The van der Waals surface area contributed by atoms with Crippen LogP contribution in [0.5, 0.6) is 0 Å². The second-order valence-corrected chi connectivity index (χ2v) is 17.3. The van der Waals surface area contributed by atoms with Gasteiger partial charge in [0, 0.05) is 19.3 Å². The molecule has 0 amide bonds. The summed E-state index contributed by atoms with van der Waals surface area (Å²) in [6.07, 6.45) is 62.7. The Bertz CT molecular complexity index is 1410. The number of hydrogen-bond acceptors (Lipinski definition) is 6. The highest BCUT2D eigenvalue weighted by Gasteiger charge is 2.31. The van der Waals surface area contributed by atoms with Gasteiger partial charge in [0.25, 0.3) is 0 Å². The van der Waals surface area contributed by atoms with E-state index < -0.39 is 18.1 Å². The summed E-state index contributed by atoms with van der Waals surface area (Å²) in [6, 6.07) is -0.629. The van der Waals surface area contributed by atoms with E-state index in [0.717, 1.165) is 116 Å². The molecule has 0 aliphatic carbocycles. The summed E-state index contributed by atoms with van der Waals surface area (Å²) in [6.45, 7) is 4.46. The molecule has 0 aromatic rings. The van der Waals surface area contributed by atoms with Crippen LogP contribution in [0.1, 0.15) is 174 Å². The minimum absolute atomic E-state index is 0.0397. The van der Waals surface area contributed by atoms with Crippen LogP contribution in [0, 0.1) is 0 Å². The molecule has 1 N–H and O–H groups in total. The van der Waals surface area contributed by atoms with Crippen molar-refractivity contribution in [3.63, 3.8) is 0 Å². The first-order valence-corrected chi connectivity index (χ1v) is 24.9. The molecule has 2 atom stereocenters. The molecule has 362 valence electrons. The third-order valence-corrected chi connectivity index (χ3v) is 10.4. The Kier molecular flexibility index (Phi) is 42.7. The minimum Gasteiger partial charge on any atom is -0.477 e. The topological polar surface area (TPSA) is 99.1 Å². The molecule has 64 heavy (non-hydrogen) atoms. The molecule has 0 aliphatic rings. The number of aliphatic carboxylic acids is 1. The lowest BCUT2D eigenvalue weighted by Gasteiger charge is -2.31. The summed E-state index contributed by atoms with van der Waals surface area (Å²) in [4.78, 5) is 37.2. The van der Waals surface area contributed by atoms with Crippen LogP contribution in [0.25, 0.3) is 0 Å². The molecule has 2 unspecified atom stereocenters. The highest BCUT2D eigenvalue weighted by Crippen LogP contribution is 2.13. The molecule has 0 aromatic heterocycles. The Morgan fingerprint density at radius 2 is 0.828 bits per heavy atom. The van der Waals surface area contributed by atoms with E-state index in [9.17, 15) is 19.5 Å². The molecule has 0 heterocycles. The number of nitrogens with zero attached hydrogens (tertiary/aromatic N) is 1. The van der Waals surface area contributed by atoms with E-state index in [2.05, 4.69) is 123 Å². The second kappa shape index (κ2) is 45.6. The number of quaternary nitrogens is 1. The molecule has 8 heteroatoms. The molecule has 0 saturated heterocycles. The summed E-state index contributed by atoms with van der Waals surface area (Å²) in [5.41, 5.74) is 0. The summed E-state index contributed by atoms with van der Waals surface area (Å²) in [5.74, 6) is -1.53. The minimum atomic E-state index is -0.886. The second-order valence-electron chi connectivity index (χ2n) is 17.3. The Labute approximate surface area is 391 Å². The van der Waals surface area contributed by atoms with Gasteiger partial charge < -0.3 is 23.8 Å². The maximum atomic E-state index is 12.8. The number of ether oxygens (including phenoxy) is 3. The standard InChI is InChI=1S/C56H91NO7/c1-6-8-10-12-14-16-18-20-22-24-26-28-30-32-34-36-38-40-42-44-46-54(58)63-51-52(50-62-49-48-53(56(60)61)57(3,4)5)64-55(59)47-45-43-41-39-37-35-33-31-29-27-25-23-21-19-17-15-13-11-9-7-2/h8-11,14-17,20-23,26-29,33,35,52-53H,6-7,12-13,18-19,24-25,30-32,34,36-51H2,1-5H3/p+1/b10-8+,11-9+,16-14+,17-15+,22-20+,23-21+,28-26+,29-27+,35-33+. The first-order valence-electron chi connectivity index (χ1n) is 24.9. The smallest absolute Gasteiger partial charge is 0.362 e. The van der Waals surface area contributed by atoms with Crippen molar-refractivity contribution < 1.29 is 38.2 Å². The lowest BCUT2D eigenvalue weighted by Crippen LogP contribution is -2.50. The van der Waals surface area contributed by atoms with Gasteiger partial charge in [-0.3, -0.25) is 9.59 Å². The zero-order chi connectivity index (χ0) is 47.0. The largest absolute Gasteiger partial charge is 0.477 e. The molecule has 8 nitrogen and oxygen atoms in total. The van der Waals surface area contributed by atoms with Crippen molar-refractivity contribution in [1.29, 1.82) is 0 Å². The van der Waals surface area contributed by atoms with E-state index in [0.29, 0.717) is 19.3 Å². The number of carboxylic acids is 1. The predicted molar refractivity (Wildman–Crippen MR) is 270 cm³/mol. The molecule has 0 rings (SSSR count). The van der Waals surface area contributed by atoms with Gasteiger partial charge in [0.15, 0.2) is 12.1 Å².